The molecule has 2 aromatic carbocycles. The second-order valence-corrected chi connectivity index (χ2v) is 9.51. The van der Waals surface area contributed by atoms with Gasteiger partial charge in [-0.3, -0.25) is 4.90 Å². The molecule has 0 saturated carbocycles. The van der Waals surface area contributed by atoms with Gasteiger partial charge >= 0.3 is 0 Å². The van der Waals surface area contributed by atoms with Gasteiger partial charge < -0.3 is 9.97 Å². The Morgan fingerprint density at radius 3 is 1.25 bits per heavy atom. The second kappa shape index (κ2) is 8.84. The van der Waals surface area contributed by atoms with E-state index >= 15 is 0 Å². The molecule has 0 fully saturated rings. The van der Waals surface area contributed by atoms with Crippen molar-refractivity contribution in [1.82, 2.24) is 14.9 Å². The molecule has 3 nitrogen and oxygen atoms in total. The summed E-state index contributed by atoms with van der Waals surface area (Å²) in [6.07, 6.45) is 0. The normalized spacial score (nSPS) is 11.5. The SMILES string of the molecule is Cc1cc(C)c(-c2ccc(CN(C)Cc3ccc(-c4c(C)cc(C)cc4C)[nH]3)[nH]2)c(C)c1. The summed E-state index contributed by atoms with van der Waals surface area (Å²) < 4.78 is 0. The molecule has 2 aromatic heterocycles. The number of nitrogens with zero attached hydrogens (tertiary/aromatic N) is 1. The maximum absolute atomic E-state index is 3.65. The van der Waals surface area contributed by atoms with Gasteiger partial charge in [0.05, 0.1) is 0 Å². The van der Waals surface area contributed by atoms with Crippen LogP contribution in [0.15, 0.2) is 48.5 Å². The number of hydrogen-bond donors (Lipinski definition) is 2. The summed E-state index contributed by atoms with van der Waals surface area (Å²) in [7, 11) is 2.17. The van der Waals surface area contributed by atoms with E-state index in [1.807, 2.05) is 0 Å². The van der Waals surface area contributed by atoms with Crippen molar-refractivity contribution in [3.05, 3.63) is 93.3 Å². The van der Waals surface area contributed by atoms with Gasteiger partial charge in [0.25, 0.3) is 0 Å². The van der Waals surface area contributed by atoms with Crippen LogP contribution in [0.25, 0.3) is 22.5 Å². The average molecular weight is 426 g/mol. The summed E-state index contributed by atoms with van der Waals surface area (Å²) in [5, 5.41) is 0. The minimum absolute atomic E-state index is 0.876. The molecule has 4 aromatic rings. The minimum Gasteiger partial charge on any atom is -0.357 e. The molecule has 0 amide bonds. The first-order valence-electron chi connectivity index (χ1n) is 11.4. The lowest BCUT2D eigenvalue weighted by Gasteiger charge is -2.15. The molecular formula is C29H35N3. The van der Waals surface area contributed by atoms with Crippen LogP contribution in [0.1, 0.15) is 44.8 Å². The first-order valence-corrected chi connectivity index (χ1v) is 11.4. The van der Waals surface area contributed by atoms with Crippen LogP contribution < -0.4 is 0 Å². The summed E-state index contributed by atoms with van der Waals surface area (Å²) in [5.74, 6) is 0. The number of H-pyrrole nitrogens is 2. The first-order chi connectivity index (χ1) is 15.2. The van der Waals surface area contributed by atoms with Crippen molar-refractivity contribution in [3.8, 4) is 22.5 Å². The number of aromatic amines is 2. The van der Waals surface area contributed by atoms with Gasteiger partial charge in [-0.15, -0.1) is 0 Å². The van der Waals surface area contributed by atoms with Gasteiger partial charge in [0.15, 0.2) is 0 Å². The van der Waals surface area contributed by atoms with Gasteiger partial charge in [0.2, 0.25) is 0 Å². The van der Waals surface area contributed by atoms with E-state index in [2.05, 4.69) is 112 Å². The van der Waals surface area contributed by atoms with Crippen molar-refractivity contribution in [2.75, 3.05) is 7.05 Å². The molecule has 3 heteroatoms. The van der Waals surface area contributed by atoms with Gasteiger partial charge in [-0.25, -0.2) is 0 Å². The van der Waals surface area contributed by atoms with Crippen molar-refractivity contribution in [2.24, 2.45) is 0 Å². The van der Waals surface area contributed by atoms with E-state index < -0.39 is 0 Å². The van der Waals surface area contributed by atoms with E-state index in [1.165, 1.54) is 67.3 Å². The van der Waals surface area contributed by atoms with Crippen LogP contribution in [-0.4, -0.2) is 21.9 Å². The molecule has 0 aliphatic heterocycles. The molecule has 32 heavy (non-hydrogen) atoms. The molecule has 4 rings (SSSR count). The highest BCUT2D eigenvalue weighted by Crippen LogP contribution is 2.29. The quantitative estimate of drug-likeness (QED) is 0.338. The molecule has 0 bridgehead atoms. The Bertz CT molecular complexity index is 1110. The lowest BCUT2D eigenvalue weighted by molar-refractivity contribution is 0.312. The molecule has 0 spiro atoms. The third kappa shape index (κ3) is 4.58. The van der Waals surface area contributed by atoms with E-state index in [-0.39, 0.29) is 0 Å². The summed E-state index contributed by atoms with van der Waals surface area (Å²) in [5.41, 5.74) is 15.5. The zero-order chi connectivity index (χ0) is 23.0. The highest BCUT2D eigenvalue weighted by atomic mass is 15.1. The number of benzene rings is 2. The van der Waals surface area contributed by atoms with Crippen LogP contribution in [0.2, 0.25) is 0 Å². The van der Waals surface area contributed by atoms with Crippen LogP contribution in [0.4, 0.5) is 0 Å². The molecule has 0 radical (unpaired) electrons. The summed E-state index contributed by atoms with van der Waals surface area (Å²) in [6, 6.07) is 17.9. The van der Waals surface area contributed by atoms with Crippen molar-refractivity contribution in [1.29, 1.82) is 0 Å². The Hall–Kier alpha value is -3.04. The molecule has 166 valence electrons. The second-order valence-electron chi connectivity index (χ2n) is 9.51. The summed E-state index contributed by atoms with van der Waals surface area (Å²) >= 11 is 0. The van der Waals surface area contributed by atoms with Crippen LogP contribution >= 0.6 is 0 Å². The Labute approximate surface area is 192 Å². The number of rotatable bonds is 6. The highest BCUT2D eigenvalue weighted by molar-refractivity contribution is 5.69. The Balaban J connectivity index is 1.47. The van der Waals surface area contributed by atoms with Gasteiger partial charge in [-0.05, 0) is 95.1 Å². The molecule has 0 atom stereocenters. The summed E-state index contributed by atoms with van der Waals surface area (Å²) in [4.78, 5) is 9.64. The van der Waals surface area contributed by atoms with Gasteiger partial charge in [0.1, 0.15) is 0 Å². The summed E-state index contributed by atoms with van der Waals surface area (Å²) in [6.45, 7) is 14.9. The van der Waals surface area contributed by atoms with E-state index in [1.54, 1.807) is 0 Å². The first kappa shape index (κ1) is 22.2. The van der Waals surface area contributed by atoms with Gasteiger partial charge in [-0.1, -0.05) is 35.4 Å². The average Bonchev–Trinajstić information content (AvgIpc) is 3.30. The van der Waals surface area contributed by atoms with Crippen LogP contribution in [0.3, 0.4) is 0 Å². The van der Waals surface area contributed by atoms with Crippen molar-refractivity contribution >= 4 is 0 Å². The zero-order valence-electron chi connectivity index (χ0n) is 20.5. The third-order valence-corrected chi connectivity index (χ3v) is 6.27. The highest BCUT2D eigenvalue weighted by Gasteiger charge is 2.12. The number of aryl methyl sites for hydroxylation is 6. The number of hydrogen-bond acceptors (Lipinski definition) is 1. The van der Waals surface area contributed by atoms with Crippen molar-refractivity contribution < 1.29 is 0 Å². The number of nitrogens with one attached hydrogen (secondary N) is 2. The van der Waals surface area contributed by atoms with E-state index in [9.17, 15) is 0 Å². The van der Waals surface area contributed by atoms with Gasteiger partial charge in [-0.2, -0.15) is 0 Å². The lowest BCUT2D eigenvalue weighted by atomic mass is 9.98. The largest absolute Gasteiger partial charge is 0.357 e. The van der Waals surface area contributed by atoms with Crippen LogP contribution in [-0.2, 0) is 13.1 Å². The molecule has 0 aliphatic rings. The smallest absolute Gasteiger partial charge is 0.0461 e. The van der Waals surface area contributed by atoms with Crippen molar-refractivity contribution in [3.63, 3.8) is 0 Å². The minimum atomic E-state index is 0.876. The predicted octanol–water partition coefficient (Wildman–Crippen LogP) is 7.16. The molecule has 0 aliphatic carbocycles. The van der Waals surface area contributed by atoms with Crippen LogP contribution in [0, 0.1) is 41.5 Å². The maximum Gasteiger partial charge on any atom is 0.0461 e. The van der Waals surface area contributed by atoms with Crippen molar-refractivity contribution in [2.45, 2.75) is 54.6 Å². The molecule has 2 N–H and O–H groups in total. The standard InChI is InChI=1S/C29H35N3/c1-18-12-20(3)28(21(4)13-18)26-10-8-24(30-26)16-32(7)17-25-9-11-27(31-25)29-22(5)14-19(2)15-23(29)6/h8-15,30-31H,16-17H2,1-7H3. The van der Waals surface area contributed by atoms with Gasteiger partial charge in [0, 0.05) is 47.0 Å². The maximum atomic E-state index is 3.65. The topological polar surface area (TPSA) is 34.8 Å². The zero-order valence-corrected chi connectivity index (χ0v) is 20.5. The third-order valence-electron chi connectivity index (χ3n) is 6.27. The fourth-order valence-corrected chi connectivity index (χ4v) is 5.20. The van der Waals surface area contributed by atoms with Crippen LogP contribution in [0.5, 0.6) is 0 Å². The molecule has 2 heterocycles. The Morgan fingerprint density at radius 2 is 0.906 bits per heavy atom. The fraction of sp³-hybridized carbons (Fsp3) is 0.310. The van der Waals surface area contributed by atoms with E-state index in [4.69, 9.17) is 0 Å². The predicted molar refractivity (Wildman–Crippen MR) is 136 cm³/mol. The monoisotopic (exact) mass is 425 g/mol. The van der Waals surface area contributed by atoms with E-state index in [0.29, 0.717) is 0 Å². The molecule has 0 saturated heterocycles. The molecular weight excluding hydrogens is 390 g/mol. The fourth-order valence-electron chi connectivity index (χ4n) is 5.20. The molecule has 0 unspecified atom stereocenters. The Morgan fingerprint density at radius 1 is 0.562 bits per heavy atom. The lowest BCUT2D eigenvalue weighted by Crippen LogP contribution is -2.17. The Kier molecular flexibility index (Phi) is 6.12. The number of aromatic nitrogens is 2. The van der Waals surface area contributed by atoms with E-state index in [0.717, 1.165) is 13.1 Å².